The maximum atomic E-state index is 13.4. The van der Waals surface area contributed by atoms with E-state index in [-0.39, 0.29) is 18.0 Å². The van der Waals surface area contributed by atoms with Crippen LogP contribution < -0.4 is 0 Å². The van der Waals surface area contributed by atoms with Gasteiger partial charge in [-0.25, -0.2) is 4.99 Å². The van der Waals surface area contributed by atoms with E-state index in [1.54, 1.807) is 6.08 Å². The van der Waals surface area contributed by atoms with Crippen molar-refractivity contribution in [1.29, 1.82) is 0 Å². The number of rotatable bonds is 6. The second-order valence-corrected chi connectivity index (χ2v) is 6.24. The van der Waals surface area contributed by atoms with Crippen LogP contribution in [0.25, 0.3) is 0 Å². The molecule has 0 fully saturated rings. The highest BCUT2D eigenvalue weighted by molar-refractivity contribution is 5.98. The lowest BCUT2D eigenvalue weighted by Gasteiger charge is -2.44. The molecule has 1 aromatic rings. The molecule has 0 radical (unpaired) electrons. The third-order valence-electron chi connectivity index (χ3n) is 4.79. The van der Waals surface area contributed by atoms with Gasteiger partial charge in [-0.1, -0.05) is 43.3 Å². The number of carbonyl (C=O) groups excluding carboxylic acids is 1. The lowest BCUT2D eigenvalue weighted by Crippen LogP contribution is -2.58. The Morgan fingerprint density at radius 1 is 1.38 bits per heavy atom. The third kappa shape index (κ3) is 3.23. The van der Waals surface area contributed by atoms with Crippen LogP contribution in [0, 0.1) is 0 Å². The van der Waals surface area contributed by atoms with E-state index in [0.29, 0.717) is 25.3 Å². The maximum Gasteiger partial charge on any atom is 0.252 e. The van der Waals surface area contributed by atoms with Crippen molar-refractivity contribution in [1.82, 2.24) is 4.90 Å². The molecule has 0 saturated heterocycles. The molecule has 0 saturated carbocycles. The number of benzene rings is 1. The highest BCUT2D eigenvalue weighted by Gasteiger charge is 2.47. The molecule has 0 aromatic heterocycles. The smallest absolute Gasteiger partial charge is 0.252 e. The molecule has 0 N–H and O–H groups in total. The number of nitrogens with zero attached hydrogens (tertiary/aromatic N) is 2. The molecule has 4 nitrogen and oxygen atoms in total. The number of ether oxygens (including phenoxy) is 1. The van der Waals surface area contributed by atoms with Crippen LogP contribution in [0.2, 0.25) is 0 Å². The van der Waals surface area contributed by atoms with Gasteiger partial charge in [0.25, 0.3) is 5.91 Å². The van der Waals surface area contributed by atoms with Crippen LogP contribution in [0.4, 0.5) is 0 Å². The molecule has 0 bridgehead atoms. The van der Waals surface area contributed by atoms with Crippen molar-refractivity contribution in [3.05, 3.63) is 48.6 Å². The highest BCUT2D eigenvalue weighted by Crippen LogP contribution is 2.35. The van der Waals surface area contributed by atoms with Gasteiger partial charge in [-0.2, -0.15) is 0 Å². The summed E-state index contributed by atoms with van der Waals surface area (Å²) in [4.78, 5) is 20.0. The normalized spacial score (nSPS) is 25.2. The molecule has 3 atom stereocenters. The summed E-state index contributed by atoms with van der Waals surface area (Å²) in [5.74, 6) is 0.695. The van der Waals surface area contributed by atoms with Gasteiger partial charge in [0.05, 0.1) is 12.6 Å². The summed E-state index contributed by atoms with van der Waals surface area (Å²) in [5, 5.41) is 0. The molecule has 1 aliphatic heterocycles. The minimum Gasteiger partial charge on any atom is -0.480 e. The van der Waals surface area contributed by atoms with Gasteiger partial charge in [0.15, 0.2) is 0 Å². The number of aliphatic imine (C=N–C) groups is 1. The Morgan fingerprint density at radius 3 is 2.58 bits per heavy atom. The van der Waals surface area contributed by atoms with Crippen molar-refractivity contribution in [2.45, 2.75) is 58.2 Å². The zero-order chi connectivity index (χ0) is 17.7. The lowest BCUT2D eigenvalue weighted by molar-refractivity contribution is -0.142. The van der Waals surface area contributed by atoms with Crippen LogP contribution in [0.15, 0.2) is 48.0 Å². The van der Waals surface area contributed by atoms with E-state index in [1.165, 1.54) is 0 Å². The molecule has 0 aliphatic carbocycles. The Balaban J connectivity index is 2.49. The van der Waals surface area contributed by atoms with Crippen LogP contribution in [-0.2, 0) is 9.53 Å². The molecular weight excluding hydrogens is 300 g/mol. The average molecular weight is 328 g/mol. The summed E-state index contributed by atoms with van der Waals surface area (Å²) < 4.78 is 5.78. The predicted molar refractivity (Wildman–Crippen MR) is 98.1 cm³/mol. The van der Waals surface area contributed by atoms with Gasteiger partial charge in [0.1, 0.15) is 11.6 Å². The topological polar surface area (TPSA) is 41.9 Å². The van der Waals surface area contributed by atoms with E-state index in [0.717, 1.165) is 5.56 Å². The predicted octanol–water partition coefficient (Wildman–Crippen LogP) is 4.14. The number of hydrogen-bond acceptors (Lipinski definition) is 3. The average Bonchev–Trinajstić information content (AvgIpc) is 2.60. The zero-order valence-electron chi connectivity index (χ0n) is 15.2. The van der Waals surface area contributed by atoms with Gasteiger partial charge in [0.2, 0.25) is 5.90 Å². The van der Waals surface area contributed by atoms with Crippen molar-refractivity contribution in [2.75, 3.05) is 6.61 Å². The van der Waals surface area contributed by atoms with E-state index >= 15 is 0 Å². The number of carbonyl (C=O) groups is 1. The fraction of sp³-hybridized carbons (Fsp3) is 0.500. The van der Waals surface area contributed by atoms with Gasteiger partial charge in [-0.05, 0) is 39.2 Å². The number of amides is 1. The Labute approximate surface area is 145 Å². The van der Waals surface area contributed by atoms with Crippen LogP contribution >= 0.6 is 0 Å². The molecule has 24 heavy (non-hydrogen) atoms. The first kappa shape index (κ1) is 18.2. The van der Waals surface area contributed by atoms with Gasteiger partial charge in [-0.15, -0.1) is 6.58 Å². The first-order valence-corrected chi connectivity index (χ1v) is 8.71. The summed E-state index contributed by atoms with van der Waals surface area (Å²) >= 11 is 0. The Morgan fingerprint density at radius 2 is 2.04 bits per heavy atom. The third-order valence-corrected chi connectivity index (χ3v) is 4.79. The lowest BCUT2D eigenvalue weighted by atomic mass is 9.87. The minimum atomic E-state index is -0.804. The van der Waals surface area contributed by atoms with E-state index in [9.17, 15) is 4.79 Å². The van der Waals surface area contributed by atoms with Crippen molar-refractivity contribution >= 4 is 11.8 Å². The Hall–Kier alpha value is -2.10. The quantitative estimate of drug-likeness (QED) is 0.737. The van der Waals surface area contributed by atoms with E-state index in [1.807, 2.05) is 43.9 Å². The molecule has 2 rings (SSSR count). The molecule has 4 heteroatoms. The second-order valence-electron chi connectivity index (χ2n) is 6.24. The van der Waals surface area contributed by atoms with Gasteiger partial charge < -0.3 is 9.64 Å². The summed E-state index contributed by atoms with van der Waals surface area (Å²) in [7, 11) is 0. The highest BCUT2D eigenvalue weighted by atomic mass is 16.5. The SMILES string of the molecule is C=CC[C@@]1(CC)N=C(OCC)[C@@H](C)N([C@H](C)c2ccccc2)C1=O. The Bertz CT molecular complexity index is 611. The van der Waals surface area contributed by atoms with Gasteiger partial charge >= 0.3 is 0 Å². The summed E-state index contributed by atoms with van der Waals surface area (Å²) in [6, 6.07) is 9.86. The molecule has 130 valence electrons. The second kappa shape index (κ2) is 7.65. The largest absolute Gasteiger partial charge is 0.480 e. The molecule has 0 unspecified atom stereocenters. The maximum absolute atomic E-state index is 13.4. The van der Waals surface area contributed by atoms with E-state index < -0.39 is 5.54 Å². The van der Waals surface area contributed by atoms with E-state index in [4.69, 9.17) is 9.73 Å². The summed E-state index contributed by atoms with van der Waals surface area (Å²) in [6.45, 7) is 12.3. The molecule has 1 aromatic carbocycles. The first-order chi connectivity index (χ1) is 11.5. The fourth-order valence-electron chi connectivity index (χ4n) is 3.34. The first-order valence-electron chi connectivity index (χ1n) is 8.71. The van der Waals surface area contributed by atoms with Crippen LogP contribution in [0.5, 0.6) is 0 Å². The summed E-state index contributed by atoms with van der Waals surface area (Å²) in [6.07, 6.45) is 2.92. The van der Waals surface area contributed by atoms with Crippen LogP contribution in [-0.4, -0.2) is 34.9 Å². The molecule has 1 aliphatic rings. The van der Waals surface area contributed by atoms with Crippen molar-refractivity contribution < 1.29 is 9.53 Å². The van der Waals surface area contributed by atoms with E-state index in [2.05, 4.69) is 25.6 Å². The molecule has 1 heterocycles. The van der Waals surface area contributed by atoms with Crippen molar-refractivity contribution in [3.8, 4) is 0 Å². The monoisotopic (exact) mass is 328 g/mol. The molecule has 1 amide bonds. The summed E-state index contributed by atoms with van der Waals surface area (Å²) in [5.41, 5.74) is 0.306. The van der Waals surface area contributed by atoms with Crippen molar-refractivity contribution in [3.63, 3.8) is 0 Å². The van der Waals surface area contributed by atoms with Crippen LogP contribution in [0.1, 0.15) is 52.1 Å². The standard InChI is InChI=1S/C20H28N2O2/c1-6-14-20(7-2)19(23)22(16(5)18(21-20)24-8-3)15(4)17-12-10-9-11-13-17/h6,9-13,15-16H,1,7-8,14H2,2-5H3/t15-,16-,20-/m1/s1. The molecule has 0 spiro atoms. The van der Waals surface area contributed by atoms with Crippen molar-refractivity contribution in [2.24, 2.45) is 4.99 Å². The zero-order valence-corrected chi connectivity index (χ0v) is 15.2. The van der Waals surface area contributed by atoms with Crippen LogP contribution in [0.3, 0.4) is 0 Å². The molecular formula is C20H28N2O2. The minimum absolute atomic E-state index is 0.0459. The van der Waals surface area contributed by atoms with Gasteiger partial charge in [-0.3, -0.25) is 4.79 Å². The van der Waals surface area contributed by atoms with Gasteiger partial charge in [0, 0.05) is 0 Å². The Kier molecular flexibility index (Phi) is 5.81. The number of hydrogen-bond donors (Lipinski definition) is 0. The fourth-order valence-corrected chi connectivity index (χ4v) is 3.34.